The summed E-state index contributed by atoms with van der Waals surface area (Å²) in [4.78, 5) is 2.53. The number of likely N-dealkylation sites (tertiary alicyclic amines) is 1. The average Bonchev–Trinajstić information content (AvgIpc) is 3.42. The van der Waals surface area contributed by atoms with Crippen LogP contribution in [-0.2, 0) is 20.0 Å². The molecule has 4 rings (SSSR count). The summed E-state index contributed by atoms with van der Waals surface area (Å²) in [5.41, 5.74) is 1.34. The highest BCUT2D eigenvalue weighted by Crippen LogP contribution is 2.38. The van der Waals surface area contributed by atoms with Crippen LogP contribution in [0, 0.1) is 5.92 Å². The fraction of sp³-hybridized carbons (Fsp3) is 0.600. The molecule has 0 spiro atoms. The highest BCUT2D eigenvalue weighted by Gasteiger charge is 2.30. The Bertz CT molecular complexity index is 714. The van der Waals surface area contributed by atoms with Crippen LogP contribution in [0.2, 0.25) is 0 Å². The molecule has 2 fully saturated rings. The topological polar surface area (TPSA) is 43.2 Å². The van der Waals surface area contributed by atoms with E-state index in [1.807, 2.05) is 6.07 Å². The van der Waals surface area contributed by atoms with Crippen molar-refractivity contribution in [2.24, 2.45) is 13.0 Å². The molecular weight excluding hydrogens is 312 g/mol. The number of aromatic nitrogens is 3. The summed E-state index contributed by atoms with van der Waals surface area (Å²) < 4.78 is 7.72. The zero-order chi connectivity index (χ0) is 17.2. The van der Waals surface area contributed by atoms with Gasteiger partial charge < -0.3 is 9.30 Å². The van der Waals surface area contributed by atoms with E-state index in [1.165, 1.54) is 37.1 Å². The molecule has 1 aliphatic carbocycles. The summed E-state index contributed by atoms with van der Waals surface area (Å²) in [5, 5.41) is 8.84. The molecule has 0 amide bonds. The summed E-state index contributed by atoms with van der Waals surface area (Å²) in [6, 6.07) is 8.42. The fourth-order valence-corrected chi connectivity index (χ4v) is 3.94. The minimum Gasteiger partial charge on any atom is -0.496 e. The van der Waals surface area contributed by atoms with Crippen molar-refractivity contribution in [3.05, 3.63) is 41.5 Å². The first-order chi connectivity index (χ1) is 12.2. The van der Waals surface area contributed by atoms with Crippen molar-refractivity contribution >= 4 is 0 Å². The predicted octanol–water partition coefficient (Wildman–Crippen LogP) is 3.16. The second-order valence-electron chi connectivity index (χ2n) is 7.54. The van der Waals surface area contributed by atoms with Crippen LogP contribution >= 0.6 is 0 Å². The molecule has 25 heavy (non-hydrogen) atoms. The van der Waals surface area contributed by atoms with Crippen molar-refractivity contribution in [1.29, 1.82) is 0 Å². The van der Waals surface area contributed by atoms with Crippen LogP contribution in [0.4, 0.5) is 0 Å². The number of hydrogen-bond donors (Lipinski definition) is 0. The van der Waals surface area contributed by atoms with E-state index in [9.17, 15) is 0 Å². The quantitative estimate of drug-likeness (QED) is 0.810. The molecule has 2 aliphatic rings. The van der Waals surface area contributed by atoms with Gasteiger partial charge in [-0.2, -0.15) is 0 Å². The van der Waals surface area contributed by atoms with Crippen LogP contribution in [0.1, 0.15) is 48.8 Å². The van der Waals surface area contributed by atoms with E-state index >= 15 is 0 Å². The van der Waals surface area contributed by atoms with Gasteiger partial charge >= 0.3 is 0 Å². The summed E-state index contributed by atoms with van der Waals surface area (Å²) in [6.45, 7) is 3.22. The number of piperidine rings is 1. The van der Waals surface area contributed by atoms with Crippen LogP contribution in [0.25, 0.3) is 0 Å². The van der Waals surface area contributed by atoms with Gasteiger partial charge in [-0.05, 0) is 62.7 Å². The molecule has 5 heteroatoms. The summed E-state index contributed by atoms with van der Waals surface area (Å²) >= 11 is 0. The summed E-state index contributed by atoms with van der Waals surface area (Å²) in [6.07, 6.45) is 6.16. The molecular formula is C20H28N4O. The lowest BCUT2D eigenvalue weighted by Gasteiger charge is -2.31. The van der Waals surface area contributed by atoms with E-state index in [-0.39, 0.29) is 0 Å². The Morgan fingerprint density at radius 2 is 1.84 bits per heavy atom. The summed E-state index contributed by atoms with van der Waals surface area (Å²) in [5.74, 6) is 4.73. The summed E-state index contributed by atoms with van der Waals surface area (Å²) in [7, 11) is 3.88. The maximum absolute atomic E-state index is 5.50. The highest BCUT2D eigenvalue weighted by atomic mass is 16.5. The molecule has 2 aromatic rings. The molecule has 2 heterocycles. The first-order valence-corrected chi connectivity index (χ1v) is 9.47. The fourth-order valence-electron chi connectivity index (χ4n) is 3.94. The van der Waals surface area contributed by atoms with Crippen LogP contribution < -0.4 is 4.74 Å². The van der Waals surface area contributed by atoms with E-state index in [1.54, 1.807) is 7.11 Å². The van der Waals surface area contributed by atoms with Gasteiger partial charge in [-0.15, -0.1) is 10.2 Å². The van der Waals surface area contributed by atoms with Gasteiger partial charge in [0.2, 0.25) is 0 Å². The molecule has 5 nitrogen and oxygen atoms in total. The smallest absolute Gasteiger partial charge is 0.146 e. The number of benzene rings is 1. The van der Waals surface area contributed by atoms with Gasteiger partial charge in [-0.3, -0.25) is 4.90 Å². The molecule has 0 atom stereocenters. The average molecular weight is 340 g/mol. The monoisotopic (exact) mass is 340 g/mol. The third-order valence-corrected chi connectivity index (χ3v) is 5.71. The van der Waals surface area contributed by atoms with Crippen LogP contribution in [0.5, 0.6) is 5.75 Å². The van der Waals surface area contributed by atoms with Crippen molar-refractivity contribution in [3.8, 4) is 5.75 Å². The maximum Gasteiger partial charge on any atom is 0.146 e. The van der Waals surface area contributed by atoms with Crippen LogP contribution in [0.15, 0.2) is 24.3 Å². The lowest BCUT2D eigenvalue weighted by Crippen LogP contribution is -2.34. The number of rotatable bonds is 6. The molecule has 1 saturated carbocycles. The maximum atomic E-state index is 5.50. The van der Waals surface area contributed by atoms with Gasteiger partial charge in [0.1, 0.15) is 17.4 Å². The van der Waals surface area contributed by atoms with E-state index in [4.69, 9.17) is 4.74 Å². The van der Waals surface area contributed by atoms with Gasteiger partial charge in [-0.1, -0.05) is 18.2 Å². The van der Waals surface area contributed by atoms with Gasteiger partial charge in [0.15, 0.2) is 0 Å². The Hall–Kier alpha value is -1.88. The van der Waals surface area contributed by atoms with Gasteiger partial charge in [0.05, 0.1) is 13.7 Å². The third kappa shape index (κ3) is 3.71. The van der Waals surface area contributed by atoms with Gasteiger partial charge in [-0.25, -0.2) is 0 Å². The standard InChI is InChI=1S/C20H28N4O/c1-23-19(21-22-20(23)16-7-8-16)14-24-11-9-15(10-12-24)13-17-5-3-4-6-18(17)25-2/h3-6,15-16H,7-14H2,1-2H3. The minimum absolute atomic E-state index is 0.665. The molecule has 1 saturated heterocycles. The van der Waals surface area contributed by atoms with E-state index in [2.05, 4.69) is 44.9 Å². The van der Waals surface area contributed by atoms with E-state index in [0.717, 1.165) is 43.5 Å². The SMILES string of the molecule is COc1ccccc1CC1CCN(Cc2nnc(C3CC3)n2C)CC1. The zero-order valence-corrected chi connectivity index (χ0v) is 15.3. The van der Waals surface area contributed by atoms with Crippen LogP contribution in [0.3, 0.4) is 0 Å². The lowest BCUT2D eigenvalue weighted by molar-refractivity contribution is 0.171. The van der Waals surface area contributed by atoms with Crippen molar-refractivity contribution in [2.75, 3.05) is 20.2 Å². The third-order valence-electron chi connectivity index (χ3n) is 5.71. The molecule has 134 valence electrons. The molecule has 0 N–H and O–H groups in total. The lowest BCUT2D eigenvalue weighted by atomic mass is 9.90. The number of ether oxygens (including phenoxy) is 1. The van der Waals surface area contributed by atoms with Crippen molar-refractivity contribution < 1.29 is 4.74 Å². The normalized spacial score (nSPS) is 19.3. The number of methoxy groups -OCH3 is 1. The van der Waals surface area contributed by atoms with Crippen LogP contribution in [-0.4, -0.2) is 39.9 Å². The van der Waals surface area contributed by atoms with Crippen molar-refractivity contribution in [1.82, 2.24) is 19.7 Å². The highest BCUT2D eigenvalue weighted by molar-refractivity contribution is 5.33. The minimum atomic E-state index is 0.665. The first kappa shape index (κ1) is 16.6. The second-order valence-corrected chi connectivity index (χ2v) is 7.54. The molecule has 1 aromatic heterocycles. The first-order valence-electron chi connectivity index (χ1n) is 9.47. The van der Waals surface area contributed by atoms with E-state index < -0.39 is 0 Å². The van der Waals surface area contributed by atoms with Crippen molar-refractivity contribution in [2.45, 2.75) is 44.6 Å². The van der Waals surface area contributed by atoms with E-state index in [0.29, 0.717) is 5.92 Å². The molecule has 1 aromatic carbocycles. The largest absolute Gasteiger partial charge is 0.496 e. The Morgan fingerprint density at radius 3 is 2.56 bits per heavy atom. The Labute approximate surface area is 150 Å². The van der Waals surface area contributed by atoms with Gasteiger partial charge in [0, 0.05) is 13.0 Å². The number of hydrogen-bond acceptors (Lipinski definition) is 4. The predicted molar refractivity (Wildman–Crippen MR) is 97.7 cm³/mol. The molecule has 0 bridgehead atoms. The second kappa shape index (κ2) is 7.16. The van der Waals surface area contributed by atoms with Crippen molar-refractivity contribution in [3.63, 3.8) is 0 Å². The molecule has 0 radical (unpaired) electrons. The van der Waals surface area contributed by atoms with Gasteiger partial charge in [0.25, 0.3) is 0 Å². The Morgan fingerprint density at radius 1 is 1.08 bits per heavy atom. The number of para-hydroxylation sites is 1. The number of nitrogens with zero attached hydrogens (tertiary/aromatic N) is 4. The zero-order valence-electron chi connectivity index (χ0n) is 15.3. The molecule has 1 aliphatic heterocycles. The Balaban J connectivity index is 1.31. The molecule has 0 unspecified atom stereocenters. The Kier molecular flexibility index (Phi) is 4.75.